The van der Waals surface area contributed by atoms with E-state index in [1.165, 1.54) is 30.4 Å². The molecule has 1 aliphatic carbocycles. The molecule has 2 aliphatic rings. The van der Waals surface area contributed by atoms with Crippen LogP contribution in [0, 0.1) is 5.82 Å². The Labute approximate surface area is 225 Å². The molecule has 1 aromatic heterocycles. The Balaban J connectivity index is 1.13. The second kappa shape index (κ2) is 11.2. The van der Waals surface area contributed by atoms with Crippen molar-refractivity contribution in [3.05, 3.63) is 95.9 Å². The Morgan fingerprint density at radius 3 is 2.08 bits per heavy atom. The van der Waals surface area contributed by atoms with E-state index in [1.807, 2.05) is 16.8 Å². The lowest BCUT2D eigenvalue weighted by Crippen LogP contribution is -2.47. The van der Waals surface area contributed by atoms with Crippen LogP contribution in [0.3, 0.4) is 0 Å². The van der Waals surface area contributed by atoms with E-state index in [1.54, 1.807) is 6.07 Å². The second-order valence-corrected chi connectivity index (χ2v) is 11.0. The SMILES string of the molecule is Oc1c2cc(N3CCN(CCC(c4ccccc4)c4ccccc4)CC3)c(F)cc2cn1C1CCCCC1. The average molecular weight is 512 g/mol. The van der Waals surface area contributed by atoms with Gasteiger partial charge >= 0.3 is 0 Å². The molecule has 198 valence electrons. The van der Waals surface area contributed by atoms with Gasteiger partial charge in [0.05, 0.1) is 5.69 Å². The molecule has 0 atom stereocenters. The van der Waals surface area contributed by atoms with Crippen molar-refractivity contribution in [2.75, 3.05) is 37.6 Å². The monoisotopic (exact) mass is 511 g/mol. The summed E-state index contributed by atoms with van der Waals surface area (Å²) in [5, 5.41) is 12.6. The zero-order valence-electron chi connectivity index (χ0n) is 22.1. The van der Waals surface area contributed by atoms with Crippen LogP contribution in [0.15, 0.2) is 79.0 Å². The van der Waals surface area contributed by atoms with Crippen molar-refractivity contribution in [3.8, 4) is 5.88 Å². The van der Waals surface area contributed by atoms with E-state index in [9.17, 15) is 5.11 Å². The number of rotatable bonds is 7. The van der Waals surface area contributed by atoms with Crippen LogP contribution in [0.2, 0.25) is 0 Å². The van der Waals surface area contributed by atoms with Gasteiger partial charge in [-0.2, -0.15) is 0 Å². The molecule has 2 heterocycles. The third-order valence-electron chi connectivity index (χ3n) is 8.70. The van der Waals surface area contributed by atoms with Gasteiger partial charge in [-0.15, -0.1) is 0 Å². The third-order valence-corrected chi connectivity index (χ3v) is 8.70. The lowest BCUT2D eigenvalue weighted by atomic mass is 9.88. The number of nitrogens with zero attached hydrogens (tertiary/aromatic N) is 3. The molecule has 1 saturated carbocycles. The zero-order valence-corrected chi connectivity index (χ0v) is 22.1. The molecule has 0 unspecified atom stereocenters. The summed E-state index contributed by atoms with van der Waals surface area (Å²) < 4.78 is 17.3. The van der Waals surface area contributed by atoms with Crippen LogP contribution in [0.5, 0.6) is 5.88 Å². The first-order valence-corrected chi connectivity index (χ1v) is 14.3. The van der Waals surface area contributed by atoms with E-state index in [4.69, 9.17) is 0 Å². The topological polar surface area (TPSA) is 31.6 Å². The second-order valence-electron chi connectivity index (χ2n) is 11.0. The highest BCUT2D eigenvalue weighted by Gasteiger charge is 2.24. The Morgan fingerprint density at radius 1 is 0.816 bits per heavy atom. The molecular formula is C33H38FN3O. The molecule has 38 heavy (non-hydrogen) atoms. The van der Waals surface area contributed by atoms with Gasteiger partial charge in [0.2, 0.25) is 0 Å². The average Bonchev–Trinajstić information content (AvgIpc) is 3.29. The summed E-state index contributed by atoms with van der Waals surface area (Å²) in [5.41, 5.74) is 3.32. The van der Waals surface area contributed by atoms with Gasteiger partial charge in [0.25, 0.3) is 0 Å². The number of piperazine rings is 1. The van der Waals surface area contributed by atoms with Crippen LogP contribution >= 0.6 is 0 Å². The number of fused-ring (bicyclic) bond motifs is 1. The van der Waals surface area contributed by atoms with Crippen LogP contribution < -0.4 is 4.90 Å². The number of hydrogen-bond donors (Lipinski definition) is 1. The van der Waals surface area contributed by atoms with Crippen LogP contribution in [0.1, 0.15) is 61.6 Å². The predicted octanol–water partition coefficient (Wildman–Crippen LogP) is 7.34. The third kappa shape index (κ3) is 5.17. The number of halogens is 1. The molecule has 1 aliphatic heterocycles. The molecule has 0 amide bonds. The van der Waals surface area contributed by atoms with Gasteiger partial charge in [-0.1, -0.05) is 79.9 Å². The fourth-order valence-electron chi connectivity index (χ4n) is 6.53. The van der Waals surface area contributed by atoms with Crippen molar-refractivity contribution >= 4 is 16.5 Å². The minimum Gasteiger partial charge on any atom is -0.494 e. The predicted molar refractivity (Wildman–Crippen MR) is 154 cm³/mol. The van der Waals surface area contributed by atoms with Crippen molar-refractivity contribution in [2.45, 2.75) is 50.5 Å². The van der Waals surface area contributed by atoms with E-state index < -0.39 is 0 Å². The first-order chi connectivity index (χ1) is 18.7. The van der Waals surface area contributed by atoms with Gasteiger partial charge in [0, 0.05) is 55.1 Å². The first kappa shape index (κ1) is 25.0. The van der Waals surface area contributed by atoms with Crippen molar-refractivity contribution in [3.63, 3.8) is 0 Å². The maximum atomic E-state index is 15.3. The molecule has 4 nitrogen and oxygen atoms in total. The summed E-state index contributed by atoms with van der Waals surface area (Å²) in [6, 6.07) is 25.4. The van der Waals surface area contributed by atoms with Gasteiger partial charge in [-0.3, -0.25) is 4.90 Å². The highest BCUT2D eigenvalue weighted by atomic mass is 19.1. The fourth-order valence-corrected chi connectivity index (χ4v) is 6.53. The molecule has 0 spiro atoms. The van der Waals surface area contributed by atoms with E-state index in [-0.39, 0.29) is 5.82 Å². The molecule has 2 fully saturated rings. The number of aromatic nitrogens is 1. The molecular weight excluding hydrogens is 473 g/mol. The molecule has 1 saturated heterocycles. The van der Waals surface area contributed by atoms with Crippen molar-refractivity contribution in [2.24, 2.45) is 0 Å². The summed E-state index contributed by atoms with van der Waals surface area (Å²) in [7, 11) is 0. The minimum atomic E-state index is -0.194. The Morgan fingerprint density at radius 2 is 1.45 bits per heavy atom. The molecule has 1 N–H and O–H groups in total. The van der Waals surface area contributed by atoms with E-state index in [2.05, 4.69) is 70.5 Å². The van der Waals surface area contributed by atoms with Gasteiger partial charge in [-0.05, 0) is 49.1 Å². The maximum Gasteiger partial charge on any atom is 0.199 e. The van der Waals surface area contributed by atoms with E-state index in [0.29, 0.717) is 23.5 Å². The maximum absolute atomic E-state index is 15.3. The van der Waals surface area contributed by atoms with Crippen LogP contribution in [-0.4, -0.2) is 47.3 Å². The largest absolute Gasteiger partial charge is 0.494 e. The summed E-state index contributed by atoms with van der Waals surface area (Å²) in [6.07, 6.45) is 8.82. The molecule has 6 rings (SSSR count). The van der Waals surface area contributed by atoms with Crippen molar-refractivity contribution < 1.29 is 9.50 Å². The summed E-state index contributed by atoms with van der Waals surface area (Å²) in [5.74, 6) is 0.464. The number of benzene rings is 3. The smallest absolute Gasteiger partial charge is 0.199 e. The van der Waals surface area contributed by atoms with Gasteiger partial charge in [0.15, 0.2) is 5.88 Å². The molecule has 5 heteroatoms. The Kier molecular flexibility index (Phi) is 7.37. The molecule has 4 aromatic rings. The fraction of sp³-hybridized carbons (Fsp3) is 0.394. The highest BCUT2D eigenvalue weighted by Crippen LogP contribution is 2.39. The quantitative estimate of drug-likeness (QED) is 0.282. The molecule has 0 radical (unpaired) electrons. The molecule has 0 bridgehead atoms. The van der Waals surface area contributed by atoms with E-state index >= 15 is 4.39 Å². The summed E-state index contributed by atoms with van der Waals surface area (Å²) in [6.45, 7) is 4.39. The Bertz CT molecular complexity index is 1300. The van der Waals surface area contributed by atoms with Gasteiger partial charge < -0.3 is 14.6 Å². The first-order valence-electron chi connectivity index (χ1n) is 14.3. The molecule has 3 aromatic carbocycles. The van der Waals surface area contributed by atoms with Crippen LogP contribution in [0.25, 0.3) is 10.8 Å². The standard InChI is InChI=1S/C33H38FN3O/c34-31-22-27-24-37(28-14-8-3-9-15-28)33(38)30(27)23-32(31)36-20-18-35(19-21-36)17-16-29(25-10-4-1-5-11-25)26-12-6-2-7-13-26/h1-2,4-7,10-13,22-24,28-29,38H,3,8-9,14-21H2. The van der Waals surface area contributed by atoms with Crippen LogP contribution in [0.4, 0.5) is 10.1 Å². The van der Waals surface area contributed by atoms with Gasteiger partial charge in [0.1, 0.15) is 5.82 Å². The zero-order chi connectivity index (χ0) is 25.9. The lowest BCUT2D eigenvalue weighted by molar-refractivity contribution is 0.251. The van der Waals surface area contributed by atoms with Crippen LogP contribution in [-0.2, 0) is 0 Å². The summed E-state index contributed by atoms with van der Waals surface area (Å²) >= 11 is 0. The number of hydrogen-bond acceptors (Lipinski definition) is 3. The number of anilines is 1. The van der Waals surface area contributed by atoms with E-state index in [0.717, 1.165) is 62.8 Å². The number of aromatic hydroxyl groups is 1. The Hall–Kier alpha value is -3.31. The summed E-state index contributed by atoms with van der Waals surface area (Å²) in [4.78, 5) is 4.65. The minimum absolute atomic E-state index is 0.194. The van der Waals surface area contributed by atoms with Crippen molar-refractivity contribution in [1.29, 1.82) is 0 Å². The van der Waals surface area contributed by atoms with Gasteiger partial charge in [-0.25, -0.2) is 4.39 Å². The highest BCUT2D eigenvalue weighted by molar-refractivity contribution is 5.91. The normalized spacial score (nSPS) is 17.5. The lowest BCUT2D eigenvalue weighted by Gasteiger charge is -2.37. The van der Waals surface area contributed by atoms with Crippen molar-refractivity contribution in [1.82, 2.24) is 9.47 Å².